The van der Waals surface area contributed by atoms with Crippen molar-refractivity contribution < 1.29 is 4.74 Å². The Morgan fingerprint density at radius 3 is 2.88 bits per heavy atom. The second-order valence-electron chi connectivity index (χ2n) is 6.15. The molecule has 0 amide bonds. The van der Waals surface area contributed by atoms with Crippen LogP contribution in [0.15, 0.2) is 28.1 Å². The number of ether oxygens (including phenoxy) is 1. The molecule has 0 saturated carbocycles. The number of morpholine rings is 1. The van der Waals surface area contributed by atoms with Crippen LogP contribution in [-0.4, -0.2) is 63.1 Å². The third kappa shape index (κ3) is 7.72. The first kappa shape index (κ1) is 22.5. The fraction of sp³-hybridized carbons (Fsp3) is 0.611. The third-order valence-corrected chi connectivity index (χ3v) is 4.85. The van der Waals surface area contributed by atoms with Gasteiger partial charge >= 0.3 is 0 Å². The second-order valence-corrected chi connectivity index (χ2v) is 6.99. The number of halogens is 1. The molecule has 1 unspecified atom stereocenters. The van der Waals surface area contributed by atoms with Crippen LogP contribution in [-0.2, 0) is 11.3 Å². The lowest BCUT2D eigenvalue weighted by atomic mass is 10.1. The molecule has 0 bridgehead atoms. The lowest BCUT2D eigenvalue weighted by Crippen LogP contribution is -2.48. The predicted molar refractivity (Wildman–Crippen MR) is 118 cm³/mol. The van der Waals surface area contributed by atoms with E-state index in [-0.39, 0.29) is 30.1 Å². The molecule has 2 N–H and O–H groups in total. The number of hydrogen-bond acceptors (Lipinski definition) is 4. The Morgan fingerprint density at radius 2 is 2.20 bits per heavy atom. The minimum atomic E-state index is 0. The highest BCUT2D eigenvalue weighted by Crippen LogP contribution is 2.22. The van der Waals surface area contributed by atoms with E-state index in [0.717, 1.165) is 38.7 Å². The van der Waals surface area contributed by atoms with Gasteiger partial charge in [-0.2, -0.15) is 0 Å². The molecule has 0 spiro atoms. The van der Waals surface area contributed by atoms with Gasteiger partial charge in [-0.1, -0.05) is 12.1 Å². The number of aryl methyl sites for hydroxylation is 1. The van der Waals surface area contributed by atoms with Gasteiger partial charge in [0.15, 0.2) is 5.96 Å². The van der Waals surface area contributed by atoms with Crippen molar-refractivity contribution in [2.45, 2.75) is 31.4 Å². The lowest BCUT2D eigenvalue weighted by molar-refractivity contribution is -0.0161. The molecule has 142 valence electrons. The Morgan fingerprint density at radius 1 is 1.40 bits per heavy atom. The smallest absolute Gasteiger partial charge is 0.191 e. The average molecular weight is 478 g/mol. The summed E-state index contributed by atoms with van der Waals surface area (Å²) in [5.74, 6) is 0.849. The van der Waals surface area contributed by atoms with Gasteiger partial charge in [0.25, 0.3) is 0 Å². The molecule has 1 aromatic carbocycles. The Balaban J connectivity index is 0.00000312. The monoisotopic (exact) mass is 478 g/mol. The van der Waals surface area contributed by atoms with Crippen molar-refractivity contribution in [3.8, 4) is 0 Å². The largest absolute Gasteiger partial charge is 0.374 e. The van der Waals surface area contributed by atoms with E-state index in [9.17, 15) is 0 Å². The molecule has 7 heteroatoms. The van der Waals surface area contributed by atoms with Crippen LogP contribution in [0.1, 0.15) is 18.1 Å². The maximum Gasteiger partial charge on any atom is 0.191 e. The van der Waals surface area contributed by atoms with E-state index in [4.69, 9.17) is 9.73 Å². The van der Waals surface area contributed by atoms with Crippen molar-refractivity contribution in [2.24, 2.45) is 4.99 Å². The Hall–Kier alpha value is -0.510. The summed E-state index contributed by atoms with van der Waals surface area (Å²) in [5, 5.41) is 6.73. The molecule has 0 aromatic heterocycles. The quantitative estimate of drug-likeness (QED) is 0.285. The van der Waals surface area contributed by atoms with Crippen molar-refractivity contribution in [3.63, 3.8) is 0 Å². The summed E-state index contributed by atoms with van der Waals surface area (Å²) in [6.07, 6.45) is 2.33. The normalized spacial score (nSPS) is 18.6. The topological polar surface area (TPSA) is 48.9 Å². The molecule has 1 fully saturated rings. The van der Waals surface area contributed by atoms with Crippen LogP contribution in [0.4, 0.5) is 0 Å². The van der Waals surface area contributed by atoms with Gasteiger partial charge in [-0.15, -0.1) is 35.7 Å². The summed E-state index contributed by atoms with van der Waals surface area (Å²) in [5.41, 5.74) is 2.55. The number of guanidine groups is 1. The molecule has 1 atom stereocenters. The van der Waals surface area contributed by atoms with Crippen LogP contribution >= 0.6 is 35.7 Å². The molecule has 1 aliphatic rings. The van der Waals surface area contributed by atoms with Crippen LogP contribution < -0.4 is 10.6 Å². The standard InChI is InChI=1S/C18H30N4OS.HI/c1-5-19-18(21-12-16-13-22(3)8-9-23-16)20-11-15-7-6-14(2)10-17(15)24-4;/h6-7,10,16H,5,8-9,11-13H2,1-4H3,(H2,19,20,21);1H. The van der Waals surface area contributed by atoms with Gasteiger partial charge in [-0.25, -0.2) is 4.99 Å². The number of nitrogens with one attached hydrogen (secondary N) is 2. The van der Waals surface area contributed by atoms with Crippen molar-refractivity contribution in [1.29, 1.82) is 0 Å². The van der Waals surface area contributed by atoms with Gasteiger partial charge in [-0.05, 0) is 44.3 Å². The molecule has 1 aromatic rings. The van der Waals surface area contributed by atoms with Crippen LogP contribution in [0.3, 0.4) is 0 Å². The van der Waals surface area contributed by atoms with Crippen LogP contribution in [0.25, 0.3) is 0 Å². The molecule has 2 rings (SSSR count). The summed E-state index contributed by atoms with van der Waals surface area (Å²) >= 11 is 1.78. The molecule has 5 nitrogen and oxygen atoms in total. The van der Waals surface area contributed by atoms with E-state index in [1.165, 1.54) is 16.0 Å². The number of hydrogen-bond donors (Lipinski definition) is 2. The molecule has 25 heavy (non-hydrogen) atoms. The summed E-state index contributed by atoms with van der Waals surface area (Å²) < 4.78 is 5.80. The summed E-state index contributed by atoms with van der Waals surface area (Å²) in [7, 11) is 2.14. The first-order valence-electron chi connectivity index (χ1n) is 8.58. The molecular formula is C18H31IN4OS. The van der Waals surface area contributed by atoms with E-state index < -0.39 is 0 Å². The molecule has 0 radical (unpaired) electrons. The minimum Gasteiger partial charge on any atom is -0.374 e. The van der Waals surface area contributed by atoms with Gasteiger partial charge < -0.3 is 20.3 Å². The van der Waals surface area contributed by atoms with Crippen molar-refractivity contribution in [2.75, 3.05) is 46.1 Å². The van der Waals surface area contributed by atoms with E-state index in [2.05, 4.69) is 60.9 Å². The van der Waals surface area contributed by atoms with E-state index >= 15 is 0 Å². The number of thioether (sulfide) groups is 1. The Kier molecular flexibility index (Phi) is 10.8. The summed E-state index contributed by atoms with van der Waals surface area (Å²) in [6.45, 7) is 9.28. The first-order valence-corrected chi connectivity index (χ1v) is 9.80. The van der Waals surface area contributed by atoms with Crippen molar-refractivity contribution >= 4 is 41.7 Å². The van der Waals surface area contributed by atoms with E-state index in [1.54, 1.807) is 11.8 Å². The molecule has 0 aliphatic carbocycles. The van der Waals surface area contributed by atoms with Gasteiger partial charge in [0.05, 0.1) is 19.3 Å². The van der Waals surface area contributed by atoms with Crippen LogP contribution in [0.5, 0.6) is 0 Å². The maximum atomic E-state index is 5.80. The zero-order valence-electron chi connectivity index (χ0n) is 15.7. The fourth-order valence-corrected chi connectivity index (χ4v) is 3.39. The number of benzene rings is 1. The lowest BCUT2D eigenvalue weighted by Gasteiger charge is -2.30. The molecular weight excluding hydrogens is 447 g/mol. The minimum absolute atomic E-state index is 0. The van der Waals surface area contributed by atoms with Crippen LogP contribution in [0.2, 0.25) is 0 Å². The Bertz CT molecular complexity index is 556. The zero-order valence-corrected chi connectivity index (χ0v) is 18.8. The van der Waals surface area contributed by atoms with Gasteiger partial charge in [0.1, 0.15) is 0 Å². The highest BCUT2D eigenvalue weighted by Gasteiger charge is 2.17. The van der Waals surface area contributed by atoms with Gasteiger partial charge in [-0.3, -0.25) is 0 Å². The molecule has 1 heterocycles. The second kappa shape index (κ2) is 12.0. The number of rotatable bonds is 6. The summed E-state index contributed by atoms with van der Waals surface area (Å²) in [6, 6.07) is 6.55. The van der Waals surface area contributed by atoms with Gasteiger partial charge in [0.2, 0.25) is 0 Å². The van der Waals surface area contributed by atoms with Gasteiger partial charge in [0, 0.05) is 31.1 Å². The number of nitrogens with zero attached hydrogens (tertiary/aromatic N) is 2. The van der Waals surface area contributed by atoms with Crippen molar-refractivity contribution in [1.82, 2.24) is 15.5 Å². The predicted octanol–water partition coefficient (Wildman–Crippen LogP) is 2.72. The fourth-order valence-electron chi connectivity index (χ4n) is 2.69. The van der Waals surface area contributed by atoms with Crippen molar-refractivity contribution in [3.05, 3.63) is 29.3 Å². The highest BCUT2D eigenvalue weighted by atomic mass is 127. The molecule has 1 aliphatic heterocycles. The zero-order chi connectivity index (χ0) is 17.4. The third-order valence-electron chi connectivity index (χ3n) is 4.03. The number of aliphatic imine (C=N–C) groups is 1. The summed E-state index contributed by atoms with van der Waals surface area (Å²) in [4.78, 5) is 8.34. The Labute approximate surface area is 173 Å². The molecule has 1 saturated heterocycles. The van der Waals surface area contributed by atoms with E-state index in [0.29, 0.717) is 6.54 Å². The SMILES string of the molecule is CCNC(=NCc1ccc(C)cc1SC)NCC1CN(C)CCO1.I. The van der Waals surface area contributed by atoms with Crippen LogP contribution in [0, 0.1) is 6.92 Å². The maximum absolute atomic E-state index is 5.80. The first-order chi connectivity index (χ1) is 11.6. The van der Waals surface area contributed by atoms with E-state index in [1.807, 2.05) is 0 Å². The average Bonchev–Trinajstić information content (AvgIpc) is 2.58. The number of likely N-dealkylation sites (N-methyl/N-ethyl adjacent to an activating group) is 1. The highest BCUT2D eigenvalue weighted by molar-refractivity contribution is 14.0.